The van der Waals surface area contributed by atoms with Crippen molar-refractivity contribution in [3.05, 3.63) is 60.2 Å². The summed E-state index contributed by atoms with van der Waals surface area (Å²) in [5, 5.41) is 0. The van der Waals surface area contributed by atoms with E-state index < -0.39 is 0 Å². The van der Waals surface area contributed by atoms with Crippen LogP contribution < -0.4 is 0 Å². The molecule has 2 aromatic rings. The van der Waals surface area contributed by atoms with Crippen LogP contribution >= 0.6 is 0 Å². The van der Waals surface area contributed by atoms with Gasteiger partial charge in [-0.1, -0.05) is 61.5 Å². The van der Waals surface area contributed by atoms with Crippen LogP contribution in [0.3, 0.4) is 0 Å². The molecule has 0 spiro atoms. The summed E-state index contributed by atoms with van der Waals surface area (Å²) >= 11 is 0. The molecule has 1 saturated heterocycles. The van der Waals surface area contributed by atoms with Gasteiger partial charge in [-0.3, -0.25) is 0 Å². The second kappa shape index (κ2) is 4.95. The van der Waals surface area contributed by atoms with Crippen LogP contribution in [0.5, 0.6) is 0 Å². The summed E-state index contributed by atoms with van der Waals surface area (Å²) in [6.45, 7) is 3.21. The van der Waals surface area contributed by atoms with Gasteiger partial charge in [0.25, 0.3) is 0 Å². The summed E-state index contributed by atoms with van der Waals surface area (Å²) in [4.78, 5) is 0. The highest BCUT2D eigenvalue weighted by Gasteiger charge is 2.29. The van der Waals surface area contributed by atoms with Crippen LogP contribution in [0.15, 0.2) is 54.6 Å². The van der Waals surface area contributed by atoms with Crippen LogP contribution in [-0.2, 0) is 11.2 Å². The second-order valence-corrected chi connectivity index (χ2v) is 5.12. The summed E-state index contributed by atoms with van der Waals surface area (Å²) in [7, 11) is 0. The summed E-state index contributed by atoms with van der Waals surface area (Å²) in [5.41, 5.74) is 3.99. The Morgan fingerprint density at radius 3 is 2.50 bits per heavy atom. The number of hydrogen-bond donors (Lipinski definition) is 0. The molecule has 0 radical (unpaired) electrons. The Morgan fingerprint density at radius 1 is 1.06 bits per heavy atom. The van der Waals surface area contributed by atoms with E-state index in [-0.39, 0.29) is 0 Å². The lowest BCUT2D eigenvalue weighted by molar-refractivity contribution is 0.341. The molecule has 0 bridgehead atoms. The minimum absolute atomic E-state index is 0.491. The van der Waals surface area contributed by atoms with E-state index >= 15 is 0 Å². The second-order valence-electron chi connectivity index (χ2n) is 5.12. The van der Waals surface area contributed by atoms with Crippen LogP contribution in [0.1, 0.15) is 12.5 Å². The lowest BCUT2D eigenvalue weighted by Crippen LogP contribution is -2.06. The number of hydrogen-bond acceptors (Lipinski definition) is 1. The lowest BCUT2D eigenvalue weighted by atomic mass is 9.95. The van der Waals surface area contributed by atoms with Gasteiger partial charge in [0.1, 0.15) is 0 Å². The predicted molar refractivity (Wildman–Crippen MR) is 74.5 cm³/mol. The first-order chi connectivity index (χ1) is 8.83. The van der Waals surface area contributed by atoms with Gasteiger partial charge >= 0.3 is 0 Å². The molecular formula is C17H18O. The third kappa shape index (κ3) is 2.62. The quantitative estimate of drug-likeness (QED) is 0.735. The van der Waals surface area contributed by atoms with Crippen LogP contribution in [-0.4, -0.2) is 12.7 Å². The van der Waals surface area contributed by atoms with Crippen molar-refractivity contribution in [3.63, 3.8) is 0 Å². The van der Waals surface area contributed by atoms with Gasteiger partial charge in [-0.05, 0) is 29.0 Å². The smallest absolute Gasteiger partial charge is 0.0838 e. The Morgan fingerprint density at radius 2 is 1.78 bits per heavy atom. The highest BCUT2D eigenvalue weighted by Crippen LogP contribution is 2.26. The molecule has 3 rings (SSSR count). The van der Waals surface area contributed by atoms with Crippen molar-refractivity contribution in [1.29, 1.82) is 0 Å². The molecular weight excluding hydrogens is 220 g/mol. The Balaban J connectivity index is 1.80. The van der Waals surface area contributed by atoms with Gasteiger partial charge in [0.15, 0.2) is 0 Å². The van der Waals surface area contributed by atoms with Crippen LogP contribution in [0.4, 0.5) is 0 Å². The summed E-state index contributed by atoms with van der Waals surface area (Å²) in [5.74, 6) is 0.621. The first-order valence-corrected chi connectivity index (χ1v) is 6.59. The third-order valence-corrected chi connectivity index (χ3v) is 3.59. The van der Waals surface area contributed by atoms with Gasteiger partial charge in [-0.15, -0.1) is 0 Å². The minimum atomic E-state index is 0.491. The van der Waals surface area contributed by atoms with Gasteiger partial charge in [0, 0.05) is 0 Å². The van der Waals surface area contributed by atoms with Crippen molar-refractivity contribution < 1.29 is 4.74 Å². The molecule has 1 heterocycles. The molecule has 2 unspecified atom stereocenters. The first kappa shape index (κ1) is 11.5. The number of benzene rings is 2. The fourth-order valence-corrected chi connectivity index (χ4v) is 2.40. The van der Waals surface area contributed by atoms with Gasteiger partial charge < -0.3 is 4.74 Å². The van der Waals surface area contributed by atoms with Gasteiger partial charge in [0.2, 0.25) is 0 Å². The largest absolute Gasteiger partial charge is 0.373 e. The van der Waals surface area contributed by atoms with Gasteiger partial charge in [0.05, 0.1) is 12.7 Å². The molecule has 1 aliphatic rings. The van der Waals surface area contributed by atoms with Gasteiger partial charge in [-0.2, -0.15) is 0 Å². The van der Waals surface area contributed by atoms with Crippen LogP contribution in [0.25, 0.3) is 11.1 Å². The third-order valence-electron chi connectivity index (χ3n) is 3.59. The van der Waals surface area contributed by atoms with Crippen molar-refractivity contribution in [2.24, 2.45) is 5.92 Å². The zero-order valence-corrected chi connectivity index (χ0v) is 10.7. The van der Waals surface area contributed by atoms with E-state index in [1.165, 1.54) is 16.7 Å². The van der Waals surface area contributed by atoms with Gasteiger partial charge in [-0.25, -0.2) is 0 Å². The average Bonchev–Trinajstić information content (AvgIpc) is 3.24. The average molecular weight is 238 g/mol. The summed E-state index contributed by atoms with van der Waals surface area (Å²) in [6, 6.07) is 19.4. The zero-order valence-electron chi connectivity index (χ0n) is 10.7. The van der Waals surface area contributed by atoms with E-state index in [9.17, 15) is 0 Å². The van der Waals surface area contributed by atoms with Crippen molar-refractivity contribution in [2.75, 3.05) is 6.61 Å². The molecule has 2 aromatic carbocycles. The van der Waals surface area contributed by atoms with Crippen molar-refractivity contribution >= 4 is 0 Å². The SMILES string of the molecule is CC(Cc1cccc(-c2ccccc2)c1)C1CO1. The Labute approximate surface area is 108 Å². The molecule has 0 N–H and O–H groups in total. The molecule has 1 aliphatic heterocycles. The normalized spacial score (nSPS) is 19.5. The van der Waals surface area contributed by atoms with E-state index in [4.69, 9.17) is 4.74 Å². The highest BCUT2D eigenvalue weighted by atomic mass is 16.6. The standard InChI is InChI=1S/C17H18O/c1-13(17-12-18-17)10-14-6-5-9-16(11-14)15-7-3-2-4-8-15/h2-9,11,13,17H,10,12H2,1H3. The fourth-order valence-electron chi connectivity index (χ4n) is 2.40. The molecule has 18 heavy (non-hydrogen) atoms. The predicted octanol–water partition coefficient (Wildman–Crippen LogP) is 3.93. The molecule has 0 saturated carbocycles. The Kier molecular flexibility index (Phi) is 3.16. The molecule has 0 amide bonds. The molecule has 1 fully saturated rings. The number of rotatable bonds is 4. The van der Waals surface area contributed by atoms with Crippen molar-refractivity contribution in [3.8, 4) is 11.1 Å². The molecule has 92 valence electrons. The molecule has 0 aromatic heterocycles. The first-order valence-electron chi connectivity index (χ1n) is 6.59. The lowest BCUT2D eigenvalue weighted by Gasteiger charge is -2.09. The monoisotopic (exact) mass is 238 g/mol. The van der Waals surface area contributed by atoms with Crippen molar-refractivity contribution in [1.82, 2.24) is 0 Å². The van der Waals surface area contributed by atoms with Crippen molar-refractivity contribution in [2.45, 2.75) is 19.4 Å². The highest BCUT2D eigenvalue weighted by molar-refractivity contribution is 5.63. The molecule has 1 heteroatoms. The van der Waals surface area contributed by atoms with E-state index in [2.05, 4.69) is 61.5 Å². The summed E-state index contributed by atoms with van der Waals surface area (Å²) < 4.78 is 5.36. The maximum atomic E-state index is 5.36. The number of ether oxygens (including phenoxy) is 1. The van der Waals surface area contributed by atoms with Crippen LogP contribution in [0, 0.1) is 5.92 Å². The maximum absolute atomic E-state index is 5.36. The zero-order chi connectivity index (χ0) is 12.4. The molecule has 2 atom stereocenters. The Bertz CT molecular complexity index is 514. The van der Waals surface area contributed by atoms with E-state index in [0.29, 0.717) is 12.0 Å². The fraction of sp³-hybridized carbons (Fsp3) is 0.294. The minimum Gasteiger partial charge on any atom is -0.373 e. The van der Waals surface area contributed by atoms with E-state index in [1.807, 2.05) is 0 Å². The van der Waals surface area contributed by atoms with E-state index in [1.54, 1.807) is 0 Å². The Hall–Kier alpha value is -1.60. The molecule has 0 aliphatic carbocycles. The van der Waals surface area contributed by atoms with E-state index in [0.717, 1.165) is 13.0 Å². The van der Waals surface area contributed by atoms with Crippen LogP contribution in [0.2, 0.25) is 0 Å². The number of epoxide rings is 1. The summed E-state index contributed by atoms with van der Waals surface area (Å²) in [6.07, 6.45) is 1.59. The maximum Gasteiger partial charge on any atom is 0.0838 e. The topological polar surface area (TPSA) is 12.5 Å². The molecule has 1 nitrogen and oxygen atoms in total.